The molecule has 0 aromatic heterocycles. The van der Waals surface area contributed by atoms with Gasteiger partial charge in [-0.2, -0.15) is 0 Å². The van der Waals surface area contributed by atoms with Crippen molar-refractivity contribution < 1.29 is 4.74 Å². The second kappa shape index (κ2) is 6.46. The summed E-state index contributed by atoms with van der Waals surface area (Å²) in [4.78, 5) is 2.53. The largest absolute Gasteiger partial charge is 0.379 e. The minimum atomic E-state index is 0.410. The fraction of sp³-hybridized carbons (Fsp3) is 1.00. The van der Waals surface area contributed by atoms with Gasteiger partial charge >= 0.3 is 0 Å². The van der Waals surface area contributed by atoms with E-state index < -0.39 is 0 Å². The maximum atomic E-state index is 5.37. The zero-order valence-corrected chi connectivity index (χ0v) is 10.5. The van der Waals surface area contributed by atoms with Crippen LogP contribution in [0.25, 0.3) is 0 Å². The first-order chi connectivity index (χ1) is 7.20. The Morgan fingerprint density at radius 2 is 1.93 bits per heavy atom. The lowest BCUT2D eigenvalue weighted by Crippen LogP contribution is -2.46. The monoisotopic (exact) mass is 214 g/mol. The molecule has 1 heterocycles. The van der Waals surface area contributed by atoms with Crippen molar-refractivity contribution in [3.05, 3.63) is 0 Å². The summed E-state index contributed by atoms with van der Waals surface area (Å²) in [6.07, 6.45) is 1.23. The number of nitrogens with one attached hydrogen (secondary N) is 1. The maximum Gasteiger partial charge on any atom is 0.0594 e. The summed E-state index contributed by atoms with van der Waals surface area (Å²) in [6, 6.07) is 0. The minimum absolute atomic E-state index is 0.410. The Morgan fingerprint density at radius 3 is 2.47 bits per heavy atom. The van der Waals surface area contributed by atoms with E-state index in [1.165, 1.54) is 13.0 Å². The van der Waals surface area contributed by atoms with Crippen molar-refractivity contribution in [1.82, 2.24) is 10.2 Å². The first-order valence-electron chi connectivity index (χ1n) is 6.21. The number of nitrogens with zero attached hydrogens (tertiary/aromatic N) is 1. The van der Waals surface area contributed by atoms with Crippen LogP contribution in [0.15, 0.2) is 0 Å². The van der Waals surface area contributed by atoms with Crippen LogP contribution >= 0.6 is 0 Å². The summed E-state index contributed by atoms with van der Waals surface area (Å²) in [5.41, 5.74) is 0.410. The van der Waals surface area contributed by atoms with E-state index >= 15 is 0 Å². The molecule has 90 valence electrons. The number of rotatable bonds is 6. The molecule has 0 saturated carbocycles. The molecule has 0 aromatic rings. The van der Waals surface area contributed by atoms with Crippen LogP contribution in [0.1, 0.15) is 27.2 Å². The smallest absolute Gasteiger partial charge is 0.0594 e. The van der Waals surface area contributed by atoms with Crippen LogP contribution in [0.4, 0.5) is 0 Å². The van der Waals surface area contributed by atoms with Crippen LogP contribution in [0.5, 0.6) is 0 Å². The van der Waals surface area contributed by atoms with E-state index in [9.17, 15) is 0 Å². The molecule has 1 aliphatic rings. The van der Waals surface area contributed by atoms with Gasteiger partial charge < -0.3 is 10.1 Å². The van der Waals surface area contributed by atoms with Crippen molar-refractivity contribution in [2.45, 2.75) is 27.2 Å². The van der Waals surface area contributed by atoms with Gasteiger partial charge in [0, 0.05) is 26.2 Å². The van der Waals surface area contributed by atoms with Gasteiger partial charge in [0.25, 0.3) is 0 Å². The Labute approximate surface area is 94.2 Å². The van der Waals surface area contributed by atoms with Gasteiger partial charge in [0.05, 0.1) is 13.2 Å². The minimum Gasteiger partial charge on any atom is -0.379 e. The summed E-state index contributed by atoms with van der Waals surface area (Å²) >= 11 is 0. The number of hydrogen-bond acceptors (Lipinski definition) is 3. The highest BCUT2D eigenvalue weighted by atomic mass is 16.5. The zero-order valence-electron chi connectivity index (χ0n) is 10.5. The van der Waals surface area contributed by atoms with Gasteiger partial charge in [0.2, 0.25) is 0 Å². The summed E-state index contributed by atoms with van der Waals surface area (Å²) < 4.78 is 5.37. The van der Waals surface area contributed by atoms with E-state index in [1.54, 1.807) is 0 Å². The predicted molar refractivity (Wildman–Crippen MR) is 64.2 cm³/mol. The SMILES string of the molecule is CCNCC(C)(CC)CN1CCOCC1. The van der Waals surface area contributed by atoms with Crippen molar-refractivity contribution in [3.8, 4) is 0 Å². The standard InChI is InChI=1S/C12H26N2O/c1-4-12(3,10-13-5-2)11-14-6-8-15-9-7-14/h13H,4-11H2,1-3H3. The summed E-state index contributed by atoms with van der Waals surface area (Å²) in [5, 5.41) is 3.47. The van der Waals surface area contributed by atoms with Crippen LogP contribution in [0, 0.1) is 5.41 Å². The highest BCUT2D eigenvalue weighted by Gasteiger charge is 2.25. The fourth-order valence-electron chi connectivity index (χ4n) is 2.02. The first-order valence-corrected chi connectivity index (χ1v) is 6.21. The average Bonchev–Trinajstić information content (AvgIpc) is 2.28. The molecular weight excluding hydrogens is 188 g/mol. The molecule has 1 N–H and O–H groups in total. The quantitative estimate of drug-likeness (QED) is 0.722. The van der Waals surface area contributed by atoms with Gasteiger partial charge in [-0.1, -0.05) is 20.8 Å². The third kappa shape index (κ3) is 4.49. The van der Waals surface area contributed by atoms with Gasteiger partial charge in [-0.15, -0.1) is 0 Å². The van der Waals surface area contributed by atoms with Crippen molar-refractivity contribution >= 4 is 0 Å². The molecule has 1 saturated heterocycles. The molecule has 3 heteroatoms. The molecule has 0 aromatic carbocycles. The molecule has 1 rings (SSSR count). The Kier molecular flexibility index (Phi) is 5.58. The highest BCUT2D eigenvalue weighted by Crippen LogP contribution is 2.22. The normalized spacial score (nSPS) is 22.6. The fourth-order valence-corrected chi connectivity index (χ4v) is 2.02. The second-order valence-electron chi connectivity index (χ2n) is 4.83. The topological polar surface area (TPSA) is 24.5 Å². The van der Waals surface area contributed by atoms with Gasteiger partial charge in [-0.05, 0) is 18.4 Å². The van der Waals surface area contributed by atoms with Crippen molar-refractivity contribution in [2.24, 2.45) is 5.41 Å². The number of morpholine rings is 1. The molecule has 0 bridgehead atoms. The summed E-state index contributed by atoms with van der Waals surface area (Å²) in [5.74, 6) is 0. The molecule has 0 aliphatic carbocycles. The van der Waals surface area contributed by atoms with Gasteiger partial charge in [-0.25, -0.2) is 0 Å². The molecule has 1 atom stereocenters. The Balaban J connectivity index is 2.35. The third-order valence-electron chi connectivity index (χ3n) is 3.36. The Bertz CT molecular complexity index is 169. The maximum absolute atomic E-state index is 5.37. The van der Waals surface area contributed by atoms with E-state index in [0.717, 1.165) is 39.4 Å². The first kappa shape index (κ1) is 12.9. The molecule has 0 amide bonds. The lowest BCUT2D eigenvalue weighted by atomic mass is 9.86. The van der Waals surface area contributed by atoms with Crippen molar-refractivity contribution in [3.63, 3.8) is 0 Å². The molecule has 1 aliphatic heterocycles. The predicted octanol–water partition coefficient (Wildman–Crippen LogP) is 1.34. The van der Waals surface area contributed by atoms with Crippen LogP contribution < -0.4 is 5.32 Å². The van der Waals surface area contributed by atoms with Crippen LogP contribution in [0.2, 0.25) is 0 Å². The highest BCUT2D eigenvalue weighted by molar-refractivity contribution is 4.80. The molecule has 1 unspecified atom stereocenters. The third-order valence-corrected chi connectivity index (χ3v) is 3.36. The molecule has 1 fully saturated rings. The van der Waals surface area contributed by atoms with Crippen LogP contribution in [-0.2, 0) is 4.74 Å². The lowest BCUT2D eigenvalue weighted by Gasteiger charge is -2.36. The van der Waals surface area contributed by atoms with Gasteiger partial charge in [0.15, 0.2) is 0 Å². The van der Waals surface area contributed by atoms with Gasteiger partial charge in [-0.3, -0.25) is 4.90 Å². The molecule has 0 spiro atoms. The Hall–Kier alpha value is -0.120. The lowest BCUT2D eigenvalue weighted by molar-refractivity contribution is 0.0179. The molecular formula is C12H26N2O. The average molecular weight is 214 g/mol. The van der Waals surface area contributed by atoms with Crippen LogP contribution in [0.3, 0.4) is 0 Å². The second-order valence-corrected chi connectivity index (χ2v) is 4.83. The summed E-state index contributed by atoms with van der Waals surface area (Å²) in [7, 11) is 0. The zero-order chi connectivity index (χ0) is 11.1. The summed E-state index contributed by atoms with van der Waals surface area (Å²) in [6.45, 7) is 14.2. The molecule has 0 radical (unpaired) electrons. The van der Waals surface area contributed by atoms with E-state index in [2.05, 4.69) is 31.0 Å². The molecule has 3 nitrogen and oxygen atoms in total. The van der Waals surface area contributed by atoms with E-state index in [4.69, 9.17) is 4.74 Å². The van der Waals surface area contributed by atoms with Gasteiger partial charge in [0.1, 0.15) is 0 Å². The van der Waals surface area contributed by atoms with E-state index in [-0.39, 0.29) is 0 Å². The van der Waals surface area contributed by atoms with E-state index in [1.807, 2.05) is 0 Å². The van der Waals surface area contributed by atoms with E-state index in [0.29, 0.717) is 5.41 Å². The Morgan fingerprint density at radius 1 is 1.27 bits per heavy atom. The van der Waals surface area contributed by atoms with Crippen molar-refractivity contribution in [1.29, 1.82) is 0 Å². The van der Waals surface area contributed by atoms with Crippen molar-refractivity contribution in [2.75, 3.05) is 45.9 Å². The molecule has 15 heavy (non-hydrogen) atoms. The van der Waals surface area contributed by atoms with Crippen LogP contribution in [-0.4, -0.2) is 50.8 Å². The number of ether oxygens (including phenoxy) is 1. The number of hydrogen-bond donors (Lipinski definition) is 1.